The zero-order chi connectivity index (χ0) is 30.2. The number of cyclic esters (lactones) is 1. The standard InChI is InChI=1S/C31H57N3O6/c1-19-16-30(4,5)27(40-28-25(35)23(32(8)9)15-20(2)39-28)21(3)26(36)31(6,7)29(37)38-18-24(34(11)17-19)22-13-12-14-33(22)10/h19-25,27-28,35H,12-18H2,1-11H3/t19-,20-,21+,22+,23+,24+,25-,27-,28+/m1/s1. The van der Waals surface area contributed by atoms with E-state index in [4.69, 9.17) is 14.2 Å². The van der Waals surface area contributed by atoms with Gasteiger partial charge in [-0.15, -0.1) is 0 Å². The van der Waals surface area contributed by atoms with Gasteiger partial charge in [-0.25, -0.2) is 0 Å². The molecule has 9 nitrogen and oxygen atoms in total. The lowest BCUT2D eigenvalue weighted by atomic mass is 9.69. The summed E-state index contributed by atoms with van der Waals surface area (Å²) in [6.45, 7) is 15.8. The second-order valence-electron chi connectivity index (χ2n) is 14.5. The molecule has 3 rings (SSSR count). The first-order chi connectivity index (χ1) is 18.5. The van der Waals surface area contributed by atoms with Gasteiger partial charge < -0.3 is 29.1 Å². The fourth-order valence-electron chi connectivity index (χ4n) is 7.59. The van der Waals surface area contributed by atoms with E-state index in [-0.39, 0.29) is 36.5 Å². The van der Waals surface area contributed by atoms with Gasteiger partial charge in [0.05, 0.1) is 18.2 Å². The van der Waals surface area contributed by atoms with E-state index in [0.717, 1.165) is 32.4 Å². The Labute approximate surface area is 242 Å². The van der Waals surface area contributed by atoms with Crippen molar-refractivity contribution in [1.82, 2.24) is 14.7 Å². The van der Waals surface area contributed by atoms with Crippen LogP contribution in [0.2, 0.25) is 0 Å². The van der Waals surface area contributed by atoms with Crippen LogP contribution in [0.3, 0.4) is 0 Å². The first kappa shape index (κ1) is 33.4. The molecule has 0 bridgehead atoms. The molecule has 0 aliphatic carbocycles. The lowest BCUT2D eigenvalue weighted by Gasteiger charge is -2.46. The molecule has 0 aromatic carbocycles. The minimum Gasteiger partial charge on any atom is -0.463 e. The van der Waals surface area contributed by atoms with Crippen LogP contribution in [0.15, 0.2) is 0 Å². The van der Waals surface area contributed by atoms with Crippen molar-refractivity contribution in [1.29, 1.82) is 0 Å². The van der Waals surface area contributed by atoms with Gasteiger partial charge in [0.2, 0.25) is 0 Å². The number of aliphatic hydroxyl groups is 1. The second-order valence-corrected chi connectivity index (χ2v) is 14.5. The molecular formula is C31H57N3O6. The molecule has 3 heterocycles. The predicted octanol–water partition coefficient (Wildman–Crippen LogP) is 3.03. The van der Waals surface area contributed by atoms with Gasteiger partial charge in [-0.3, -0.25) is 14.5 Å². The van der Waals surface area contributed by atoms with Crippen LogP contribution < -0.4 is 0 Å². The SMILES string of the molecule is C[C@H]1CN(C)[C@H]([C@@H]2CCCN2C)COC(=O)C(C)(C)C(=O)[C@H](C)[C@@H](O[C@@H]2O[C@H](C)C[C@H](N(C)C)[C@H]2O)C(C)(C)C1. The van der Waals surface area contributed by atoms with Crippen LogP contribution in [-0.2, 0) is 23.8 Å². The number of likely N-dealkylation sites (tertiary alicyclic amines) is 1. The minimum absolute atomic E-state index is 0.0494. The number of likely N-dealkylation sites (N-methyl/N-ethyl adjacent to an activating group) is 3. The Morgan fingerprint density at radius 2 is 1.68 bits per heavy atom. The number of hydrogen-bond acceptors (Lipinski definition) is 9. The van der Waals surface area contributed by atoms with Crippen molar-refractivity contribution in [3.05, 3.63) is 0 Å². The molecule has 0 unspecified atom stereocenters. The number of esters is 1. The van der Waals surface area contributed by atoms with E-state index < -0.39 is 41.2 Å². The Balaban J connectivity index is 1.96. The second kappa shape index (κ2) is 13.0. The highest BCUT2D eigenvalue weighted by atomic mass is 16.7. The average molecular weight is 568 g/mol. The number of ketones is 1. The Morgan fingerprint density at radius 3 is 2.25 bits per heavy atom. The number of ether oxygens (including phenoxy) is 3. The van der Waals surface area contributed by atoms with Gasteiger partial charge in [-0.05, 0) is 92.5 Å². The lowest BCUT2D eigenvalue weighted by molar-refractivity contribution is -0.285. The topological polar surface area (TPSA) is 91.8 Å². The third-order valence-corrected chi connectivity index (χ3v) is 9.77. The first-order valence-electron chi connectivity index (χ1n) is 15.2. The maximum atomic E-state index is 14.1. The average Bonchev–Trinajstić information content (AvgIpc) is 3.27. The number of Topliss-reactive ketones (excluding diaryl/α,β-unsaturated/α-hetero) is 1. The molecule has 0 saturated carbocycles. The molecule has 40 heavy (non-hydrogen) atoms. The summed E-state index contributed by atoms with van der Waals surface area (Å²) in [5, 5.41) is 11.2. The van der Waals surface area contributed by atoms with Crippen LogP contribution in [0, 0.1) is 22.7 Å². The van der Waals surface area contributed by atoms with Crippen LogP contribution in [0.1, 0.15) is 74.1 Å². The molecule has 0 spiro atoms. The summed E-state index contributed by atoms with van der Waals surface area (Å²) in [5.74, 6) is -1.04. The number of carbonyl (C=O) groups is 2. The third-order valence-electron chi connectivity index (χ3n) is 9.77. The van der Waals surface area contributed by atoms with Gasteiger partial charge in [0.15, 0.2) is 12.1 Å². The predicted molar refractivity (Wildman–Crippen MR) is 156 cm³/mol. The molecule has 9 heteroatoms. The van der Waals surface area contributed by atoms with Crippen LogP contribution >= 0.6 is 0 Å². The molecule has 1 N–H and O–H groups in total. The quantitative estimate of drug-likeness (QED) is 0.407. The van der Waals surface area contributed by atoms with Crippen molar-refractivity contribution >= 4 is 11.8 Å². The van der Waals surface area contributed by atoms with E-state index in [1.165, 1.54) is 0 Å². The molecule has 3 aliphatic heterocycles. The summed E-state index contributed by atoms with van der Waals surface area (Å²) < 4.78 is 18.7. The van der Waals surface area contributed by atoms with Crippen molar-refractivity contribution in [2.24, 2.45) is 22.7 Å². The molecule has 232 valence electrons. The van der Waals surface area contributed by atoms with E-state index in [9.17, 15) is 14.7 Å². The molecular weight excluding hydrogens is 510 g/mol. The third kappa shape index (κ3) is 7.27. The number of aliphatic hydroxyl groups excluding tert-OH is 1. The molecule has 3 saturated heterocycles. The monoisotopic (exact) mass is 567 g/mol. The van der Waals surface area contributed by atoms with Gasteiger partial charge in [0.25, 0.3) is 0 Å². The zero-order valence-electron chi connectivity index (χ0n) is 27.0. The molecule has 0 aromatic heterocycles. The van der Waals surface area contributed by atoms with Crippen molar-refractivity contribution in [2.45, 2.75) is 117 Å². The summed E-state index contributed by atoms with van der Waals surface area (Å²) in [7, 11) is 8.15. The molecule has 9 atom stereocenters. The molecule has 3 aliphatic rings. The van der Waals surface area contributed by atoms with Gasteiger partial charge in [-0.2, -0.15) is 0 Å². The highest BCUT2D eigenvalue weighted by molar-refractivity contribution is 6.04. The fraction of sp³-hybridized carbons (Fsp3) is 0.935. The normalized spacial score (nSPS) is 40.8. The number of rotatable bonds is 4. The van der Waals surface area contributed by atoms with Crippen molar-refractivity contribution in [2.75, 3.05) is 47.9 Å². The smallest absolute Gasteiger partial charge is 0.319 e. The zero-order valence-corrected chi connectivity index (χ0v) is 27.0. The number of nitrogens with zero attached hydrogens (tertiary/aromatic N) is 3. The van der Waals surface area contributed by atoms with Crippen LogP contribution in [-0.4, -0.2) is 122 Å². The maximum absolute atomic E-state index is 14.1. The Bertz CT molecular complexity index is 879. The number of carbonyl (C=O) groups excluding carboxylic acids is 2. The minimum atomic E-state index is -1.34. The van der Waals surface area contributed by atoms with Gasteiger partial charge >= 0.3 is 5.97 Å². The summed E-state index contributed by atoms with van der Waals surface area (Å²) in [6, 6.07) is 0.226. The summed E-state index contributed by atoms with van der Waals surface area (Å²) in [6.07, 6.45) is 1.27. The van der Waals surface area contributed by atoms with Crippen molar-refractivity contribution in [3.63, 3.8) is 0 Å². The first-order valence-corrected chi connectivity index (χ1v) is 15.2. The molecule has 3 fully saturated rings. The molecule has 0 aromatic rings. The van der Waals surface area contributed by atoms with Gasteiger partial charge in [-0.1, -0.05) is 27.7 Å². The number of hydrogen-bond donors (Lipinski definition) is 1. The van der Waals surface area contributed by atoms with Crippen LogP contribution in [0.25, 0.3) is 0 Å². The van der Waals surface area contributed by atoms with Crippen LogP contribution in [0.4, 0.5) is 0 Å². The van der Waals surface area contributed by atoms with E-state index in [1.54, 1.807) is 13.8 Å². The van der Waals surface area contributed by atoms with Crippen molar-refractivity contribution < 1.29 is 28.9 Å². The highest BCUT2D eigenvalue weighted by Crippen LogP contribution is 2.41. The Kier molecular flexibility index (Phi) is 10.9. The van der Waals surface area contributed by atoms with E-state index in [0.29, 0.717) is 12.5 Å². The van der Waals surface area contributed by atoms with Gasteiger partial charge in [0, 0.05) is 24.5 Å². The molecule has 0 radical (unpaired) electrons. The van der Waals surface area contributed by atoms with Crippen molar-refractivity contribution in [3.8, 4) is 0 Å². The van der Waals surface area contributed by atoms with Crippen LogP contribution in [0.5, 0.6) is 0 Å². The van der Waals surface area contributed by atoms with E-state index in [1.807, 2.05) is 32.8 Å². The fourth-order valence-corrected chi connectivity index (χ4v) is 7.59. The summed E-state index contributed by atoms with van der Waals surface area (Å²) in [5.41, 5.74) is -1.78. The summed E-state index contributed by atoms with van der Waals surface area (Å²) >= 11 is 0. The molecule has 0 amide bonds. The Hall–Kier alpha value is -1.10. The maximum Gasteiger partial charge on any atom is 0.319 e. The Morgan fingerprint density at radius 1 is 1.02 bits per heavy atom. The van der Waals surface area contributed by atoms with E-state index in [2.05, 4.69) is 44.7 Å². The van der Waals surface area contributed by atoms with E-state index >= 15 is 0 Å². The van der Waals surface area contributed by atoms with Gasteiger partial charge in [0.1, 0.15) is 18.1 Å². The largest absolute Gasteiger partial charge is 0.463 e. The summed E-state index contributed by atoms with van der Waals surface area (Å²) in [4.78, 5) is 34.3. The lowest BCUT2D eigenvalue weighted by Crippen LogP contribution is -2.57. The highest BCUT2D eigenvalue weighted by Gasteiger charge is 2.50.